The third-order valence-electron chi connectivity index (χ3n) is 5.82. The molecule has 3 saturated heterocycles. The van der Waals surface area contributed by atoms with E-state index in [0.717, 1.165) is 45.4 Å². The van der Waals surface area contributed by atoms with Gasteiger partial charge >= 0.3 is 0 Å². The molecule has 0 bridgehead atoms. The van der Waals surface area contributed by atoms with E-state index in [9.17, 15) is 4.79 Å². The summed E-state index contributed by atoms with van der Waals surface area (Å²) in [7, 11) is 0. The molecule has 136 valence electrons. The van der Waals surface area contributed by atoms with Gasteiger partial charge < -0.3 is 19.7 Å². The molecule has 6 nitrogen and oxygen atoms in total. The van der Waals surface area contributed by atoms with Gasteiger partial charge in [-0.05, 0) is 30.9 Å². The Morgan fingerprint density at radius 3 is 3.00 bits per heavy atom. The summed E-state index contributed by atoms with van der Waals surface area (Å²) in [5.74, 6) is 1.66. The van der Waals surface area contributed by atoms with Crippen molar-refractivity contribution in [3.8, 4) is 0 Å². The van der Waals surface area contributed by atoms with Crippen molar-refractivity contribution < 1.29 is 14.3 Å². The molecule has 1 aromatic heterocycles. The van der Waals surface area contributed by atoms with Gasteiger partial charge in [-0.25, -0.2) is 0 Å². The first-order chi connectivity index (χ1) is 12.3. The second-order valence-corrected chi connectivity index (χ2v) is 7.52. The molecule has 1 amide bonds. The van der Waals surface area contributed by atoms with E-state index in [-0.39, 0.29) is 5.91 Å². The van der Waals surface area contributed by atoms with Crippen molar-refractivity contribution in [1.29, 1.82) is 0 Å². The van der Waals surface area contributed by atoms with Gasteiger partial charge in [0.2, 0.25) is 0 Å². The minimum absolute atomic E-state index is 0.0476. The number of carbonyl (C=O) groups excluding carboxylic acids is 1. The first-order valence-electron chi connectivity index (χ1n) is 9.39. The monoisotopic (exact) mass is 345 g/mol. The lowest BCUT2D eigenvalue weighted by atomic mass is 9.93. The minimum atomic E-state index is -0.0476. The molecule has 0 radical (unpaired) electrons. The lowest BCUT2D eigenvalue weighted by Crippen LogP contribution is -2.35. The van der Waals surface area contributed by atoms with E-state index >= 15 is 0 Å². The molecule has 1 aromatic rings. The molecule has 0 saturated carbocycles. The first kappa shape index (κ1) is 16.9. The van der Waals surface area contributed by atoms with Gasteiger partial charge in [-0.2, -0.15) is 0 Å². The Kier molecular flexibility index (Phi) is 5.29. The summed E-state index contributed by atoms with van der Waals surface area (Å²) in [5.41, 5.74) is 0.616. The topological polar surface area (TPSA) is 63.7 Å². The van der Waals surface area contributed by atoms with Crippen molar-refractivity contribution >= 4 is 5.91 Å². The maximum Gasteiger partial charge on any atom is 0.252 e. The number of fused-ring (bicyclic) bond motifs is 1. The van der Waals surface area contributed by atoms with Crippen LogP contribution in [0.25, 0.3) is 0 Å². The Balaban J connectivity index is 1.26. The van der Waals surface area contributed by atoms with E-state index in [4.69, 9.17) is 9.47 Å². The third-order valence-corrected chi connectivity index (χ3v) is 5.82. The Hall–Kier alpha value is -1.50. The Morgan fingerprint density at radius 1 is 1.32 bits per heavy atom. The number of pyridine rings is 1. The average Bonchev–Trinajstić information content (AvgIpc) is 3.22. The van der Waals surface area contributed by atoms with Gasteiger partial charge in [0.15, 0.2) is 0 Å². The van der Waals surface area contributed by atoms with Crippen molar-refractivity contribution in [3.63, 3.8) is 0 Å². The molecule has 3 atom stereocenters. The zero-order chi connectivity index (χ0) is 17.1. The Labute approximate surface area is 148 Å². The lowest BCUT2D eigenvalue weighted by molar-refractivity contribution is 0.0487. The maximum absolute atomic E-state index is 12.2. The fourth-order valence-corrected chi connectivity index (χ4v) is 4.36. The normalized spacial score (nSPS) is 30.3. The highest BCUT2D eigenvalue weighted by atomic mass is 16.5. The van der Waals surface area contributed by atoms with E-state index in [2.05, 4.69) is 15.2 Å². The van der Waals surface area contributed by atoms with E-state index in [1.54, 1.807) is 24.5 Å². The van der Waals surface area contributed by atoms with Crippen molar-refractivity contribution in [3.05, 3.63) is 30.1 Å². The van der Waals surface area contributed by atoms with Crippen LogP contribution in [0.2, 0.25) is 0 Å². The number of nitrogens with one attached hydrogen (secondary N) is 1. The molecule has 4 heterocycles. The lowest BCUT2D eigenvalue weighted by Gasteiger charge is -2.27. The van der Waals surface area contributed by atoms with Crippen LogP contribution >= 0.6 is 0 Å². The molecule has 3 aliphatic rings. The third kappa shape index (κ3) is 4.02. The van der Waals surface area contributed by atoms with Crippen LogP contribution in [0.5, 0.6) is 0 Å². The fraction of sp³-hybridized carbons (Fsp3) is 0.684. The molecule has 3 fully saturated rings. The highest BCUT2D eigenvalue weighted by molar-refractivity contribution is 5.93. The van der Waals surface area contributed by atoms with Crippen molar-refractivity contribution in [1.82, 2.24) is 15.2 Å². The molecule has 0 unspecified atom stereocenters. The van der Waals surface area contributed by atoms with Crippen LogP contribution in [0.1, 0.15) is 23.2 Å². The number of likely N-dealkylation sites (tertiary alicyclic amines) is 1. The highest BCUT2D eigenvalue weighted by Crippen LogP contribution is 2.34. The Morgan fingerprint density at radius 2 is 2.20 bits per heavy atom. The standard InChI is InChI=1S/C19H27N3O3/c23-19(15-2-1-5-20-8-15)21-9-16-13-25-18-12-22(11-17(16)18)10-14-3-6-24-7-4-14/h1-2,5,8,14,16-18H,3-4,6-7,9-13H2,(H,21,23)/t16-,17+,18+/m0/s1. The summed E-state index contributed by atoms with van der Waals surface area (Å²) in [5, 5.41) is 3.06. The van der Waals surface area contributed by atoms with Gasteiger partial charge in [-0.3, -0.25) is 9.78 Å². The summed E-state index contributed by atoms with van der Waals surface area (Å²) in [6.45, 7) is 6.54. The van der Waals surface area contributed by atoms with E-state index in [0.29, 0.717) is 30.0 Å². The van der Waals surface area contributed by atoms with Crippen LogP contribution < -0.4 is 5.32 Å². The summed E-state index contributed by atoms with van der Waals surface area (Å²) in [4.78, 5) is 18.8. The van der Waals surface area contributed by atoms with Gasteiger partial charge in [0.25, 0.3) is 5.91 Å². The number of rotatable bonds is 5. The molecule has 3 aliphatic heterocycles. The predicted molar refractivity (Wildman–Crippen MR) is 93.3 cm³/mol. The van der Waals surface area contributed by atoms with Crippen molar-refractivity contribution in [2.45, 2.75) is 18.9 Å². The van der Waals surface area contributed by atoms with Gasteiger partial charge in [0.05, 0.1) is 18.3 Å². The number of hydrogen-bond acceptors (Lipinski definition) is 5. The van der Waals surface area contributed by atoms with Gasteiger partial charge in [0.1, 0.15) is 0 Å². The number of hydrogen-bond donors (Lipinski definition) is 1. The number of ether oxygens (including phenoxy) is 2. The number of carbonyl (C=O) groups is 1. The van der Waals surface area contributed by atoms with Gasteiger partial charge in [0, 0.05) is 63.6 Å². The maximum atomic E-state index is 12.2. The van der Waals surface area contributed by atoms with Gasteiger partial charge in [-0.1, -0.05) is 0 Å². The fourth-order valence-electron chi connectivity index (χ4n) is 4.36. The molecule has 25 heavy (non-hydrogen) atoms. The second-order valence-electron chi connectivity index (χ2n) is 7.52. The molecular weight excluding hydrogens is 318 g/mol. The zero-order valence-corrected chi connectivity index (χ0v) is 14.6. The van der Waals surface area contributed by atoms with Crippen LogP contribution in [0.15, 0.2) is 24.5 Å². The molecule has 0 spiro atoms. The smallest absolute Gasteiger partial charge is 0.252 e. The van der Waals surface area contributed by atoms with E-state index < -0.39 is 0 Å². The minimum Gasteiger partial charge on any atom is -0.381 e. The highest BCUT2D eigenvalue weighted by Gasteiger charge is 2.44. The van der Waals surface area contributed by atoms with Crippen LogP contribution in [-0.2, 0) is 9.47 Å². The van der Waals surface area contributed by atoms with E-state index in [1.165, 1.54) is 12.8 Å². The van der Waals surface area contributed by atoms with Crippen LogP contribution in [0, 0.1) is 17.8 Å². The SMILES string of the molecule is O=C(NC[C@H]1CO[C@@H]2CN(CC3CCOCC3)C[C@H]12)c1cccnc1. The van der Waals surface area contributed by atoms with Crippen molar-refractivity contribution in [2.75, 3.05) is 46.0 Å². The zero-order valence-electron chi connectivity index (χ0n) is 14.6. The number of amides is 1. The largest absolute Gasteiger partial charge is 0.381 e. The molecular formula is C19H27N3O3. The number of aromatic nitrogens is 1. The first-order valence-corrected chi connectivity index (χ1v) is 9.39. The van der Waals surface area contributed by atoms with Crippen LogP contribution in [0.3, 0.4) is 0 Å². The van der Waals surface area contributed by atoms with Gasteiger partial charge in [-0.15, -0.1) is 0 Å². The predicted octanol–water partition coefficient (Wildman–Crippen LogP) is 1.18. The average molecular weight is 345 g/mol. The number of nitrogens with zero attached hydrogens (tertiary/aromatic N) is 2. The summed E-state index contributed by atoms with van der Waals surface area (Å²) in [6, 6.07) is 3.58. The van der Waals surface area contributed by atoms with Crippen LogP contribution in [-0.4, -0.2) is 67.9 Å². The summed E-state index contributed by atoms with van der Waals surface area (Å²) in [6.07, 6.45) is 5.97. The molecule has 6 heteroatoms. The quantitative estimate of drug-likeness (QED) is 0.868. The molecule has 4 rings (SSSR count). The molecule has 1 N–H and O–H groups in total. The van der Waals surface area contributed by atoms with Crippen LogP contribution in [0.4, 0.5) is 0 Å². The molecule has 0 aliphatic carbocycles. The van der Waals surface area contributed by atoms with E-state index in [1.807, 2.05) is 0 Å². The summed E-state index contributed by atoms with van der Waals surface area (Å²) >= 11 is 0. The Bertz CT molecular complexity index is 577. The second kappa shape index (κ2) is 7.81. The molecule has 0 aromatic carbocycles. The van der Waals surface area contributed by atoms with Crippen molar-refractivity contribution in [2.24, 2.45) is 17.8 Å². The summed E-state index contributed by atoms with van der Waals surface area (Å²) < 4.78 is 11.5.